The Kier molecular flexibility index (Phi) is 4.72. The monoisotopic (exact) mass is 253 g/mol. The number of nitrogens with one attached hydrogen (secondary N) is 2. The molecule has 1 aromatic heterocycles. The van der Waals surface area contributed by atoms with Crippen molar-refractivity contribution in [1.82, 2.24) is 20.4 Å². The van der Waals surface area contributed by atoms with E-state index < -0.39 is 0 Å². The molecule has 6 nitrogen and oxygen atoms in total. The Hall–Kier alpha value is -1.56. The lowest BCUT2D eigenvalue weighted by molar-refractivity contribution is 0.0930. The first kappa shape index (κ1) is 14.5. The van der Waals surface area contributed by atoms with E-state index in [9.17, 15) is 4.79 Å². The molecule has 1 heterocycles. The molecule has 0 radical (unpaired) electrons. The molecule has 4 N–H and O–H groups in total. The van der Waals surface area contributed by atoms with Crippen molar-refractivity contribution in [2.45, 2.75) is 32.7 Å². The summed E-state index contributed by atoms with van der Waals surface area (Å²) in [5.74, 6) is -0.0109. The molecule has 0 saturated heterocycles. The third-order valence-corrected chi connectivity index (χ3v) is 2.64. The third-order valence-electron chi connectivity index (χ3n) is 2.64. The summed E-state index contributed by atoms with van der Waals surface area (Å²) in [6.45, 7) is 6.72. The van der Waals surface area contributed by atoms with Crippen molar-refractivity contribution >= 4 is 11.6 Å². The van der Waals surface area contributed by atoms with Crippen LogP contribution in [0.4, 0.5) is 5.69 Å². The summed E-state index contributed by atoms with van der Waals surface area (Å²) in [6.07, 6.45) is 0. The van der Waals surface area contributed by atoms with Crippen LogP contribution < -0.4 is 11.1 Å². The summed E-state index contributed by atoms with van der Waals surface area (Å²) >= 11 is 0. The van der Waals surface area contributed by atoms with Crippen LogP contribution in [0.1, 0.15) is 42.9 Å². The standard InChI is InChI=1S/C12H23N5O/c1-7(2)10-9(13)11(16-15-10)12(18)14-8(3)6-17(4)5/h7-8H,6,13H2,1-5H3,(H,14,18)(H,15,16). The Morgan fingerprint density at radius 3 is 2.50 bits per heavy atom. The number of amides is 1. The van der Waals surface area contributed by atoms with Gasteiger partial charge in [-0.1, -0.05) is 13.8 Å². The summed E-state index contributed by atoms with van der Waals surface area (Å²) in [7, 11) is 3.92. The number of carbonyl (C=O) groups excluding carboxylic acids is 1. The maximum Gasteiger partial charge on any atom is 0.274 e. The molecule has 0 bridgehead atoms. The van der Waals surface area contributed by atoms with Crippen molar-refractivity contribution in [1.29, 1.82) is 0 Å². The van der Waals surface area contributed by atoms with Gasteiger partial charge in [-0.2, -0.15) is 5.10 Å². The second-order valence-electron chi connectivity index (χ2n) is 5.19. The number of rotatable bonds is 5. The van der Waals surface area contributed by atoms with Crippen LogP contribution in [0.25, 0.3) is 0 Å². The number of nitrogens with two attached hydrogens (primary N) is 1. The van der Waals surface area contributed by atoms with Gasteiger partial charge in [-0.05, 0) is 26.9 Å². The highest BCUT2D eigenvalue weighted by atomic mass is 16.2. The number of aromatic amines is 1. The summed E-state index contributed by atoms with van der Waals surface area (Å²) < 4.78 is 0. The molecule has 102 valence electrons. The number of nitrogens with zero attached hydrogens (tertiary/aromatic N) is 2. The van der Waals surface area contributed by atoms with Crippen molar-refractivity contribution < 1.29 is 4.79 Å². The van der Waals surface area contributed by atoms with Gasteiger partial charge in [0.2, 0.25) is 0 Å². The fourth-order valence-electron chi connectivity index (χ4n) is 1.86. The van der Waals surface area contributed by atoms with Gasteiger partial charge in [0.15, 0.2) is 5.69 Å². The second kappa shape index (κ2) is 5.86. The molecule has 0 aliphatic rings. The highest BCUT2D eigenvalue weighted by molar-refractivity contribution is 5.97. The maximum absolute atomic E-state index is 12.0. The molecule has 0 aromatic carbocycles. The largest absolute Gasteiger partial charge is 0.395 e. The molecule has 0 saturated carbocycles. The lowest BCUT2D eigenvalue weighted by atomic mass is 10.1. The van der Waals surface area contributed by atoms with Gasteiger partial charge in [0.1, 0.15) is 0 Å². The number of hydrogen-bond donors (Lipinski definition) is 3. The summed E-state index contributed by atoms with van der Waals surface area (Å²) in [6, 6.07) is 0.0473. The first-order chi connectivity index (χ1) is 8.32. The predicted molar refractivity (Wildman–Crippen MR) is 72.6 cm³/mol. The van der Waals surface area contributed by atoms with Crippen molar-refractivity contribution in [3.8, 4) is 0 Å². The zero-order valence-electron chi connectivity index (χ0n) is 11.7. The molecule has 1 unspecified atom stereocenters. The van der Waals surface area contributed by atoms with Crippen molar-refractivity contribution in [2.75, 3.05) is 26.4 Å². The number of carbonyl (C=O) groups is 1. The van der Waals surface area contributed by atoms with Crippen LogP contribution in [0.15, 0.2) is 0 Å². The van der Waals surface area contributed by atoms with Gasteiger partial charge in [0.25, 0.3) is 5.91 Å². The van der Waals surface area contributed by atoms with Crippen molar-refractivity contribution in [3.05, 3.63) is 11.4 Å². The number of anilines is 1. The lowest BCUT2D eigenvalue weighted by Gasteiger charge is -2.17. The van der Waals surface area contributed by atoms with Gasteiger partial charge in [-0.15, -0.1) is 0 Å². The van der Waals surface area contributed by atoms with Crippen LogP contribution in [0.2, 0.25) is 0 Å². The smallest absolute Gasteiger partial charge is 0.274 e. The molecule has 1 aromatic rings. The number of aromatic nitrogens is 2. The zero-order chi connectivity index (χ0) is 13.9. The average Bonchev–Trinajstić information content (AvgIpc) is 2.58. The van der Waals surface area contributed by atoms with Crippen LogP contribution in [0.3, 0.4) is 0 Å². The molecule has 0 aliphatic carbocycles. The van der Waals surface area contributed by atoms with E-state index in [4.69, 9.17) is 5.73 Å². The van der Waals surface area contributed by atoms with Crippen LogP contribution in [-0.4, -0.2) is 47.7 Å². The second-order valence-corrected chi connectivity index (χ2v) is 5.19. The number of likely N-dealkylation sites (N-methyl/N-ethyl adjacent to an activating group) is 1. The Morgan fingerprint density at radius 2 is 2.06 bits per heavy atom. The molecule has 0 aliphatic heterocycles. The minimum atomic E-state index is -0.231. The van der Waals surface area contributed by atoms with Gasteiger partial charge >= 0.3 is 0 Å². The molecule has 1 rings (SSSR count). The molecular formula is C12H23N5O. The first-order valence-corrected chi connectivity index (χ1v) is 6.12. The highest BCUT2D eigenvalue weighted by Crippen LogP contribution is 2.21. The topological polar surface area (TPSA) is 87.0 Å². The predicted octanol–water partition coefficient (Wildman–Crippen LogP) is 0.795. The molecular weight excluding hydrogens is 230 g/mol. The van der Waals surface area contributed by atoms with Crippen molar-refractivity contribution in [3.63, 3.8) is 0 Å². The molecule has 0 fully saturated rings. The fourth-order valence-corrected chi connectivity index (χ4v) is 1.86. The summed E-state index contributed by atoms with van der Waals surface area (Å²) in [5.41, 5.74) is 7.45. The van der Waals surface area contributed by atoms with E-state index in [-0.39, 0.29) is 23.6 Å². The van der Waals surface area contributed by atoms with E-state index in [2.05, 4.69) is 15.5 Å². The summed E-state index contributed by atoms with van der Waals surface area (Å²) in [4.78, 5) is 14.0. The van der Waals surface area contributed by atoms with Crippen LogP contribution in [-0.2, 0) is 0 Å². The Morgan fingerprint density at radius 1 is 1.44 bits per heavy atom. The fraction of sp³-hybridized carbons (Fsp3) is 0.667. The van der Waals surface area contributed by atoms with Crippen LogP contribution >= 0.6 is 0 Å². The quantitative estimate of drug-likeness (QED) is 0.724. The Balaban J connectivity index is 2.73. The molecule has 6 heteroatoms. The Bertz CT molecular complexity index is 411. The van der Waals surface area contributed by atoms with Crippen LogP contribution in [0.5, 0.6) is 0 Å². The number of hydrogen-bond acceptors (Lipinski definition) is 4. The molecule has 1 amide bonds. The highest BCUT2D eigenvalue weighted by Gasteiger charge is 2.20. The zero-order valence-corrected chi connectivity index (χ0v) is 11.7. The van der Waals surface area contributed by atoms with Gasteiger partial charge in [-0.25, -0.2) is 0 Å². The Labute approximate surface area is 108 Å². The van der Waals surface area contributed by atoms with E-state index >= 15 is 0 Å². The number of H-pyrrole nitrogens is 1. The normalized spacial score (nSPS) is 13.1. The van der Waals surface area contributed by atoms with E-state index in [1.807, 2.05) is 39.8 Å². The third kappa shape index (κ3) is 3.46. The van der Waals surface area contributed by atoms with Gasteiger partial charge in [0, 0.05) is 12.6 Å². The van der Waals surface area contributed by atoms with E-state index in [0.29, 0.717) is 5.69 Å². The summed E-state index contributed by atoms with van der Waals surface area (Å²) in [5, 5.41) is 9.69. The van der Waals surface area contributed by atoms with Crippen molar-refractivity contribution in [2.24, 2.45) is 0 Å². The van der Waals surface area contributed by atoms with Crippen LogP contribution in [0, 0.1) is 0 Å². The minimum absolute atomic E-state index is 0.0473. The minimum Gasteiger partial charge on any atom is -0.395 e. The van der Waals surface area contributed by atoms with E-state index in [0.717, 1.165) is 12.2 Å². The van der Waals surface area contributed by atoms with E-state index in [1.165, 1.54) is 0 Å². The maximum atomic E-state index is 12.0. The number of nitrogen functional groups attached to an aromatic ring is 1. The van der Waals surface area contributed by atoms with E-state index in [1.54, 1.807) is 0 Å². The first-order valence-electron chi connectivity index (χ1n) is 6.12. The molecule has 0 spiro atoms. The average molecular weight is 253 g/mol. The lowest BCUT2D eigenvalue weighted by Crippen LogP contribution is -2.39. The molecule has 18 heavy (non-hydrogen) atoms. The van der Waals surface area contributed by atoms with Gasteiger partial charge in [0.05, 0.1) is 11.4 Å². The van der Waals surface area contributed by atoms with Gasteiger partial charge < -0.3 is 16.0 Å². The SMILES string of the molecule is CC(CN(C)C)NC(=O)c1n[nH]c(C(C)C)c1N. The molecule has 1 atom stereocenters. The van der Waals surface area contributed by atoms with Gasteiger partial charge in [-0.3, -0.25) is 9.89 Å².